The molecule has 13 heavy (non-hydrogen) atoms. The van der Waals surface area contributed by atoms with Crippen molar-refractivity contribution in [2.75, 3.05) is 0 Å². The summed E-state index contributed by atoms with van der Waals surface area (Å²) in [7, 11) is -4.01. The second-order valence-electron chi connectivity index (χ2n) is 2.03. The fourth-order valence-electron chi connectivity index (χ4n) is 0.624. The van der Waals surface area contributed by atoms with E-state index >= 15 is 0 Å². The molecule has 0 fully saturated rings. The molecule has 0 spiro atoms. The summed E-state index contributed by atoms with van der Waals surface area (Å²) < 4.78 is 37.2. The Bertz CT molecular complexity index is 369. The molecule has 0 aliphatic rings. The molecule has 4 nitrogen and oxygen atoms in total. The first-order valence-corrected chi connectivity index (χ1v) is 4.42. The Hall–Kier alpha value is -0.140. The van der Waals surface area contributed by atoms with Gasteiger partial charge in [0.2, 0.25) is 0 Å². The minimum absolute atomic E-state index is 0. The molecule has 0 amide bonds. The molecule has 0 unspecified atom stereocenters. The van der Waals surface area contributed by atoms with Crippen molar-refractivity contribution in [3.8, 4) is 5.75 Å². The van der Waals surface area contributed by atoms with E-state index in [0.717, 1.165) is 12.1 Å². The molecule has 0 saturated carbocycles. The molecule has 1 aromatic rings. The van der Waals surface area contributed by atoms with Gasteiger partial charge < -0.3 is 5.61 Å². The predicted octanol–water partition coefficient (Wildman–Crippen LogP) is -2.48. The molecule has 0 atom stereocenters. The van der Waals surface area contributed by atoms with E-state index in [2.05, 4.69) is 9.32 Å². The summed E-state index contributed by atoms with van der Waals surface area (Å²) in [5.74, 6) is -0.490. The van der Waals surface area contributed by atoms with Gasteiger partial charge in [0, 0.05) is 0 Å². The van der Waals surface area contributed by atoms with Crippen molar-refractivity contribution in [3.05, 3.63) is 30.1 Å². The Morgan fingerprint density at radius 3 is 2.15 bits per heavy atom. The van der Waals surface area contributed by atoms with Gasteiger partial charge in [-0.3, -0.25) is 0 Å². The number of hydrogen-bond donors (Lipinski definition) is 1. The average molecular weight is 215 g/mol. The van der Waals surface area contributed by atoms with Crippen LogP contribution in [0.4, 0.5) is 4.39 Å². The molecule has 0 aliphatic carbocycles. The summed E-state index contributed by atoms with van der Waals surface area (Å²) in [6.45, 7) is 0. The van der Waals surface area contributed by atoms with Crippen LogP contribution in [0.2, 0.25) is 0 Å². The minimum Gasteiger partial charge on any atom is -1.00 e. The van der Waals surface area contributed by atoms with E-state index in [1.807, 2.05) is 0 Å². The van der Waals surface area contributed by atoms with E-state index in [9.17, 15) is 12.8 Å². The normalized spacial score (nSPS) is 10.3. The van der Waals surface area contributed by atoms with Crippen LogP contribution >= 0.6 is 0 Å². The molecule has 0 heterocycles. The van der Waals surface area contributed by atoms with Gasteiger partial charge in [-0.05, 0) is 24.3 Å². The number of hydrogen-bond acceptors (Lipinski definition) is 3. The van der Waals surface area contributed by atoms with Crippen LogP contribution in [-0.4, -0.2) is 8.42 Å². The van der Waals surface area contributed by atoms with Crippen molar-refractivity contribution >= 4 is 10.3 Å². The van der Waals surface area contributed by atoms with E-state index in [0.29, 0.717) is 0 Å². The van der Waals surface area contributed by atoms with Crippen LogP contribution in [0.5, 0.6) is 5.75 Å². The van der Waals surface area contributed by atoms with Crippen molar-refractivity contribution < 1.29 is 48.0 Å². The third-order valence-corrected chi connectivity index (χ3v) is 1.45. The minimum atomic E-state index is -4.01. The molecule has 1 rings (SSSR count). The van der Waals surface area contributed by atoms with Crippen molar-refractivity contribution in [1.82, 2.24) is 0 Å². The summed E-state index contributed by atoms with van der Waals surface area (Å²) >= 11 is 0. The SMILES string of the molecule is NS(=O)(=O)Oc1ccc(F)cc1.[H-].[Na+]. The van der Waals surface area contributed by atoms with Gasteiger partial charge in [0.1, 0.15) is 11.6 Å². The quantitative estimate of drug-likeness (QED) is 0.555. The Balaban J connectivity index is 0. The Labute approximate surface area is 98.9 Å². The van der Waals surface area contributed by atoms with Gasteiger partial charge in [0.25, 0.3) is 0 Å². The van der Waals surface area contributed by atoms with Gasteiger partial charge in [0.05, 0.1) is 0 Å². The van der Waals surface area contributed by atoms with E-state index in [-0.39, 0.29) is 36.7 Å². The zero-order valence-corrected chi connectivity index (χ0v) is 9.71. The molecule has 0 aromatic heterocycles. The van der Waals surface area contributed by atoms with Gasteiger partial charge in [-0.2, -0.15) is 13.6 Å². The van der Waals surface area contributed by atoms with E-state index in [1.165, 1.54) is 12.1 Å². The van der Waals surface area contributed by atoms with Crippen LogP contribution in [-0.2, 0) is 10.3 Å². The van der Waals surface area contributed by atoms with Crippen LogP contribution in [0.3, 0.4) is 0 Å². The molecule has 0 bridgehead atoms. The Morgan fingerprint density at radius 1 is 1.31 bits per heavy atom. The number of nitrogens with two attached hydrogens (primary N) is 1. The average Bonchev–Trinajstić information content (AvgIpc) is 1.91. The Kier molecular flexibility index (Phi) is 4.87. The van der Waals surface area contributed by atoms with Crippen molar-refractivity contribution in [1.29, 1.82) is 0 Å². The summed E-state index contributed by atoms with van der Waals surface area (Å²) in [4.78, 5) is 0. The first kappa shape index (κ1) is 12.9. The topological polar surface area (TPSA) is 69.4 Å². The molecule has 2 N–H and O–H groups in total. The monoisotopic (exact) mass is 215 g/mol. The van der Waals surface area contributed by atoms with Gasteiger partial charge in [0.15, 0.2) is 0 Å². The zero-order valence-electron chi connectivity index (χ0n) is 7.90. The first-order valence-electron chi connectivity index (χ1n) is 2.95. The molecule has 0 radical (unpaired) electrons. The fourth-order valence-corrected chi connectivity index (χ4v) is 1.00. The van der Waals surface area contributed by atoms with Crippen LogP contribution in [0, 0.1) is 5.82 Å². The third kappa shape index (κ3) is 5.22. The van der Waals surface area contributed by atoms with Crippen LogP contribution in [0.15, 0.2) is 24.3 Å². The molecule has 7 heteroatoms. The standard InChI is InChI=1S/C6H6FNO3S.Na.H/c7-5-1-3-6(4-2-5)11-12(8,9)10;;/h1-4H,(H2,8,9,10);;/q;+1;-1. The summed E-state index contributed by atoms with van der Waals surface area (Å²) in [5.41, 5.74) is 0. The third-order valence-electron chi connectivity index (χ3n) is 1.03. The van der Waals surface area contributed by atoms with Gasteiger partial charge in [-0.25, -0.2) is 4.39 Å². The number of halogens is 1. The van der Waals surface area contributed by atoms with Gasteiger partial charge >= 0.3 is 39.9 Å². The summed E-state index contributed by atoms with van der Waals surface area (Å²) in [6, 6.07) is 4.47. The maximum atomic E-state index is 12.3. The van der Waals surface area contributed by atoms with Crippen molar-refractivity contribution in [3.63, 3.8) is 0 Å². The largest absolute Gasteiger partial charge is 1.00 e. The second-order valence-corrected chi connectivity index (χ2v) is 3.18. The number of rotatable bonds is 2. The van der Waals surface area contributed by atoms with E-state index in [4.69, 9.17) is 0 Å². The smallest absolute Gasteiger partial charge is 1.00 e. The Morgan fingerprint density at radius 2 is 1.77 bits per heavy atom. The van der Waals surface area contributed by atoms with E-state index < -0.39 is 16.1 Å². The molecule has 0 saturated heterocycles. The molecule has 1 aromatic carbocycles. The van der Waals surface area contributed by atoms with Crippen LogP contribution < -0.4 is 38.9 Å². The van der Waals surface area contributed by atoms with Crippen molar-refractivity contribution in [2.45, 2.75) is 0 Å². The summed E-state index contributed by atoms with van der Waals surface area (Å²) in [6.07, 6.45) is 0. The van der Waals surface area contributed by atoms with Crippen LogP contribution in [0.25, 0.3) is 0 Å². The second kappa shape index (κ2) is 4.92. The predicted molar refractivity (Wildman–Crippen MR) is 41.2 cm³/mol. The van der Waals surface area contributed by atoms with E-state index in [1.54, 1.807) is 0 Å². The molecular formula is C6H7FNNaO3S. The zero-order chi connectivity index (χ0) is 9.19. The molecular weight excluding hydrogens is 208 g/mol. The molecule has 0 aliphatic heterocycles. The fraction of sp³-hybridized carbons (Fsp3) is 0. The van der Waals surface area contributed by atoms with Gasteiger partial charge in [-0.15, -0.1) is 0 Å². The maximum absolute atomic E-state index is 12.3. The van der Waals surface area contributed by atoms with Crippen molar-refractivity contribution in [2.24, 2.45) is 5.14 Å². The number of benzene rings is 1. The molecule has 68 valence electrons. The first-order chi connectivity index (χ1) is 5.47. The van der Waals surface area contributed by atoms with Crippen LogP contribution in [0.1, 0.15) is 1.43 Å². The summed E-state index contributed by atoms with van der Waals surface area (Å²) in [5, 5.41) is 4.56. The maximum Gasteiger partial charge on any atom is 1.00 e. The van der Waals surface area contributed by atoms with Gasteiger partial charge in [-0.1, -0.05) is 0 Å².